The molecule has 19 heteroatoms. The molecule has 0 bridgehead atoms. The number of ketones is 2. The zero-order valence-electron chi connectivity index (χ0n) is 45.9. The van der Waals surface area contributed by atoms with Crippen LogP contribution in [0.1, 0.15) is 63.0 Å². The van der Waals surface area contributed by atoms with Crippen LogP contribution in [0.5, 0.6) is 0 Å². The SMILES string of the molecule is CN1CCN(c2ccc(C(=O)Cc3cc(-c4cccs4)ccc3N)cn2)CC1.CN1CCN(c2ccc(C(=O)Cc3cc(-c4cccs4)ccc3NC(=O)OC(C)(C)C)cn2)CC1.CN1CCN(c2ccc(C(=O)O)cn2)CC1. The van der Waals surface area contributed by atoms with Crippen LogP contribution in [-0.4, -0.2) is 164 Å². The van der Waals surface area contributed by atoms with E-state index in [1.165, 1.54) is 11.1 Å². The topological polar surface area (TPSA) is 194 Å². The summed E-state index contributed by atoms with van der Waals surface area (Å²) >= 11 is 3.31. The van der Waals surface area contributed by atoms with Gasteiger partial charge in [-0.2, -0.15) is 0 Å². The van der Waals surface area contributed by atoms with E-state index in [0.29, 0.717) is 22.5 Å². The first kappa shape index (κ1) is 57.6. The Morgan fingerprint density at radius 3 is 1.34 bits per heavy atom. The highest BCUT2D eigenvalue weighted by atomic mass is 32.1. The number of ether oxygens (including phenoxy) is 1. The second-order valence-corrected chi connectivity index (χ2v) is 22.9. The lowest BCUT2D eigenvalue weighted by atomic mass is 10.00. The average Bonchev–Trinajstić information content (AvgIpc) is 4.23. The molecule has 0 atom stereocenters. The first-order valence-electron chi connectivity index (χ1n) is 26.5. The molecule has 0 radical (unpaired) electrons. The van der Waals surface area contributed by atoms with Gasteiger partial charge in [-0.3, -0.25) is 14.9 Å². The van der Waals surface area contributed by atoms with Crippen LogP contribution in [0.15, 0.2) is 126 Å². The Kier molecular flexibility index (Phi) is 19.6. The van der Waals surface area contributed by atoms with Crippen LogP contribution < -0.4 is 25.8 Å². The largest absolute Gasteiger partial charge is 0.478 e. The molecule has 3 aliphatic rings. The second-order valence-electron chi connectivity index (χ2n) is 21.0. The second kappa shape index (κ2) is 26.9. The van der Waals surface area contributed by atoms with Gasteiger partial charge in [0.05, 0.1) is 5.56 Å². The zero-order chi connectivity index (χ0) is 56.1. The Labute approximate surface area is 471 Å². The van der Waals surface area contributed by atoms with Crippen LogP contribution in [0, 0.1) is 0 Å². The highest BCUT2D eigenvalue weighted by molar-refractivity contribution is 7.13. The summed E-state index contributed by atoms with van der Waals surface area (Å²) in [6.45, 7) is 17.2. The maximum absolute atomic E-state index is 13.2. The fourth-order valence-corrected chi connectivity index (χ4v) is 10.5. The standard InChI is InChI=1S/C27H32N4O3S.C22H24N4OS.C11H15N3O2/c1-27(2,3)34-26(33)29-22-9-7-19(24-6-5-15-35-24)16-21(22)17-23(32)20-8-10-25(28-18-20)31-13-11-30(4)12-14-31;1-25-8-10-26(11-9-25)22-7-5-17(15-24-22)20(27)14-18-13-16(4-6-19(18)23)21-3-2-12-28-21;1-13-4-6-14(7-5-13)10-3-2-9(8-12-10)11(15)16/h5-10,15-16,18H,11-14,17H2,1-4H3,(H,29,33);2-7,12-13,15H,8-11,14,23H2,1H3;2-3,8H,4-7H2,1H3,(H,15,16). The van der Waals surface area contributed by atoms with E-state index in [-0.39, 0.29) is 30.0 Å². The van der Waals surface area contributed by atoms with Crippen molar-refractivity contribution in [1.82, 2.24) is 29.7 Å². The quantitative estimate of drug-likeness (QED) is 0.0729. The maximum Gasteiger partial charge on any atom is 0.412 e. The molecule has 3 saturated heterocycles. The molecule has 3 fully saturated rings. The fourth-order valence-electron chi connectivity index (χ4n) is 9.06. The number of piperazine rings is 3. The number of pyridine rings is 3. The highest BCUT2D eigenvalue weighted by Gasteiger charge is 2.22. The Morgan fingerprint density at radius 1 is 0.557 bits per heavy atom. The smallest absolute Gasteiger partial charge is 0.412 e. The van der Waals surface area contributed by atoms with E-state index in [0.717, 1.165) is 123 Å². The number of aromatic nitrogens is 3. The third-order valence-electron chi connectivity index (χ3n) is 13.8. The van der Waals surface area contributed by atoms with Gasteiger partial charge in [-0.1, -0.05) is 24.3 Å². The van der Waals surface area contributed by atoms with E-state index in [2.05, 4.69) is 76.9 Å². The van der Waals surface area contributed by atoms with Crippen molar-refractivity contribution in [2.45, 2.75) is 39.2 Å². The predicted octanol–water partition coefficient (Wildman–Crippen LogP) is 9.44. The molecule has 0 saturated carbocycles. The van der Waals surface area contributed by atoms with Crippen LogP contribution in [0.4, 0.5) is 33.6 Å². The first-order valence-corrected chi connectivity index (χ1v) is 28.3. The summed E-state index contributed by atoms with van der Waals surface area (Å²) in [5.41, 5.74) is 11.8. The molecular weight excluding hydrogens is 1030 g/mol. The Balaban J connectivity index is 0.000000166. The van der Waals surface area contributed by atoms with Gasteiger partial charge >= 0.3 is 12.1 Å². The average molecular weight is 1110 g/mol. The summed E-state index contributed by atoms with van der Waals surface area (Å²) in [6.07, 6.45) is 4.62. The number of carboxylic acid groups (broad SMARTS) is 1. The van der Waals surface area contributed by atoms with Crippen LogP contribution in [0.3, 0.4) is 0 Å². The van der Waals surface area contributed by atoms with Gasteiger partial charge < -0.3 is 45.0 Å². The van der Waals surface area contributed by atoms with E-state index in [9.17, 15) is 19.2 Å². The van der Waals surface area contributed by atoms with Gasteiger partial charge in [0.1, 0.15) is 23.1 Å². The molecule has 4 N–H and O–H groups in total. The molecule has 1 amide bonds. The fraction of sp³-hybridized carbons (Fsp3) is 0.350. The molecule has 414 valence electrons. The lowest BCUT2D eigenvalue weighted by Crippen LogP contribution is -2.44. The van der Waals surface area contributed by atoms with Crippen molar-refractivity contribution in [1.29, 1.82) is 0 Å². The van der Waals surface area contributed by atoms with Crippen molar-refractivity contribution in [2.24, 2.45) is 0 Å². The van der Waals surface area contributed by atoms with Crippen molar-refractivity contribution in [3.05, 3.63) is 154 Å². The predicted molar refractivity (Wildman–Crippen MR) is 319 cm³/mol. The molecule has 0 aliphatic carbocycles. The van der Waals surface area contributed by atoms with Crippen molar-refractivity contribution in [3.63, 3.8) is 0 Å². The molecule has 5 aromatic heterocycles. The number of nitrogens with two attached hydrogens (primary N) is 1. The number of likely N-dealkylation sites (N-methyl/N-ethyl adjacent to an activating group) is 3. The monoisotopic (exact) mass is 1110 g/mol. The minimum absolute atomic E-state index is 0.0347. The van der Waals surface area contributed by atoms with Gasteiger partial charge in [0.15, 0.2) is 11.6 Å². The number of thiophene rings is 2. The number of hydrogen-bond donors (Lipinski definition) is 3. The minimum Gasteiger partial charge on any atom is -0.478 e. The van der Waals surface area contributed by atoms with Gasteiger partial charge in [0.2, 0.25) is 0 Å². The van der Waals surface area contributed by atoms with Crippen molar-refractivity contribution >= 4 is 75.1 Å². The van der Waals surface area contributed by atoms with E-state index in [4.69, 9.17) is 15.6 Å². The van der Waals surface area contributed by atoms with Crippen LogP contribution in [-0.2, 0) is 17.6 Å². The number of nitrogens with one attached hydrogen (secondary N) is 1. The van der Waals surface area contributed by atoms with Crippen molar-refractivity contribution in [3.8, 4) is 20.9 Å². The van der Waals surface area contributed by atoms with Gasteiger partial charge in [0, 0.05) is 142 Å². The van der Waals surface area contributed by atoms with Crippen molar-refractivity contribution < 1.29 is 29.0 Å². The highest BCUT2D eigenvalue weighted by Crippen LogP contribution is 2.31. The number of nitrogens with zero attached hydrogens (tertiary/aromatic N) is 9. The number of hydrogen-bond acceptors (Lipinski definition) is 17. The Hall–Kier alpha value is -7.55. The molecular formula is C60H71N11O6S2. The number of anilines is 5. The number of aromatic carboxylic acids is 1. The third-order valence-corrected chi connectivity index (χ3v) is 15.7. The number of Topliss-reactive ketones (excluding diaryl/α,β-unsaturated/α-hetero) is 2. The lowest BCUT2D eigenvalue weighted by Gasteiger charge is -2.33. The summed E-state index contributed by atoms with van der Waals surface area (Å²) in [6, 6.07) is 30.7. The summed E-state index contributed by atoms with van der Waals surface area (Å²) in [4.78, 5) is 78.2. The van der Waals surface area contributed by atoms with E-state index in [1.807, 2.05) is 110 Å². The number of carbonyl (C=O) groups excluding carboxylic acids is 3. The van der Waals surface area contributed by atoms with Crippen LogP contribution >= 0.6 is 22.7 Å². The maximum atomic E-state index is 13.2. The van der Waals surface area contributed by atoms with E-state index in [1.54, 1.807) is 47.2 Å². The van der Waals surface area contributed by atoms with Crippen LogP contribution in [0.25, 0.3) is 20.9 Å². The van der Waals surface area contributed by atoms with Crippen molar-refractivity contribution in [2.75, 3.05) is 125 Å². The van der Waals surface area contributed by atoms with Crippen LogP contribution in [0.2, 0.25) is 0 Å². The third kappa shape index (κ3) is 16.5. The number of benzene rings is 2. The van der Waals surface area contributed by atoms with E-state index < -0.39 is 17.7 Å². The summed E-state index contributed by atoms with van der Waals surface area (Å²) in [5, 5.41) is 15.6. The molecule has 7 aromatic rings. The molecule has 3 aliphatic heterocycles. The Bertz CT molecular complexity index is 3110. The molecule has 8 heterocycles. The molecule has 0 unspecified atom stereocenters. The van der Waals surface area contributed by atoms with Gasteiger partial charge in [-0.05, 0) is 148 Å². The minimum atomic E-state index is -0.933. The van der Waals surface area contributed by atoms with E-state index >= 15 is 0 Å². The van der Waals surface area contributed by atoms with Gasteiger partial charge in [-0.25, -0.2) is 24.5 Å². The number of nitrogen functional groups attached to an aromatic ring is 1. The van der Waals surface area contributed by atoms with Gasteiger partial charge in [-0.15, -0.1) is 22.7 Å². The molecule has 2 aromatic carbocycles. The number of carbonyl (C=O) groups is 4. The normalized spacial score (nSPS) is 15.3. The Morgan fingerprint density at radius 2 is 0.962 bits per heavy atom. The number of rotatable bonds is 13. The first-order chi connectivity index (χ1) is 37.9. The summed E-state index contributed by atoms with van der Waals surface area (Å²) in [5.74, 6) is 1.73. The summed E-state index contributed by atoms with van der Waals surface area (Å²) in [7, 11) is 6.34. The lowest BCUT2D eigenvalue weighted by molar-refractivity contribution is 0.0633. The molecule has 10 rings (SSSR count). The summed E-state index contributed by atoms with van der Waals surface area (Å²) < 4.78 is 5.42. The number of amides is 1. The van der Waals surface area contributed by atoms with Gasteiger partial charge in [0.25, 0.3) is 0 Å². The molecule has 17 nitrogen and oxygen atoms in total. The zero-order valence-corrected chi connectivity index (χ0v) is 47.6. The molecule has 79 heavy (non-hydrogen) atoms. The number of carboxylic acids is 1. The molecule has 0 spiro atoms.